The Morgan fingerprint density at radius 3 is 2.66 bits per heavy atom. The van der Waals surface area contributed by atoms with Crippen molar-refractivity contribution in [1.82, 2.24) is 4.57 Å². The summed E-state index contributed by atoms with van der Waals surface area (Å²) in [5, 5.41) is 0. The minimum absolute atomic E-state index is 0.102. The van der Waals surface area contributed by atoms with E-state index in [-0.39, 0.29) is 18.8 Å². The van der Waals surface area contributed by atoms with Gasteiger partial charge < -0.3 is 18.6 Å². The van der Waals surface area contributed by atoms with Crippen LogP contribution in [0.5, 0.6) is 5.75 Å². The summed E-state index contributed by atoms with van der Waals surface area (Å²) in [5.41, 5.74) is 1.28. The molecule has 0 N–H and O–H groups in total. The number of methoxy groups -OCH3 is 2. The number of thiazole rings is 1. The standard InChI is InChI=1S/C23H22N2O6S/c1-14-19(22(27)31-12-11-28-2)20(15-6-8-16(29-3)9-7-15)25-21(26)18(32-23(25)24-14)13-17-5-4-10-30-17/h4-10,13,20H,11-12H2,1-3H3/b18-13+. The maximum atomic E-state index is 13.4. The summed E-state index contributed by atoms with van der Waals surface area (Å²) in [6.07, 6.45) is 3.21. The molecular weight excluding hydrogens is 432 g/mol. The van der Waals surface area contributed by atoms with Crippen LogP contribution in [0, 0.1) is 0 Å². The molecule has 1 unspecified atom stereocenters. The number of rotatable bonds is 7. The van der Waals surface area contributed by atoms with Gasteiger partial charge in [0.05, 0.1) is 41.8 Å². The van der Waals surface area contributed by atoms with Crippen molar-refractivity contribution in [2.75, 3.05) is 27.4 Å². The van der Waals surface area contributed by atoms with Gasteiger partial charge in [0.15, 0.2) is 4.80 Å². The van der Waals surface area contributed by atoms with E-state index in [1.807, 2.05) is 12.1 Å². The zero-order valence-electron chi connectivity index (χ0n) is 17.9. The maximum Gasteiger partial charge on any atom is 0.338 e. The third-order valence-electron chi connectivity index (χ3n) is 5.01. The Morgan fingerprint density at radius 2 is 2.00 bits per heavy atom. The van der Waals surface area contributed by atoms with Crippen molar-refractivity contribution in [3.8, 4) is 5.75 Å². The molecule has 3 heterocycles. The van der Waals surface area contributed by atoms with Gasteiger partial charge in [0.25, 0.3) is 5.56 Å². The highest BCUT2D eigenvalue weighted by atomic mass is 32.1. The van der Waals surface area contributed by atoms with Gasteiger partial charge in [0, 0.05) is 13.2 Å². The molecule has 8 nitrogen and oxygen atoms in total. The van der Waals surface area contributed by atoms with Crippen LogP contribution in [-0.2, 0) is 14.3 Å². The lowest BCUT2D eigenvalue weighted by atomic mass is 9.96. The van der Waals surface area contributed by atoms with Gasteiger partial charge in [0.2, 0.25) is 0 Å². The average Bonchev–Trinajstić information content (AvgIpc) is 3.41. The highest BCUT2D eigenvalue weighted by Gasteiger charge is 2.33. The average molecular weight is 455 g/mol. The fourth-order valence-electron chi connectivity index (χ4n) is 3.48. The van der Waals surface area contributed by atoms with Gasteiger partial charge in [-0.25, -0.2) is 9.79 Å². The molecule has 0 saturated heterocycles. The molecular formula is C23H22N2O6S. The Bertz CT molecular complexity index is 1320. The van der Waals surface area contributed by atoms with Crippen LogP contribution in [0.4, 0.5) is 0 Å². The van der Waals surface area contributed by atoms with E-state index >= 15 is 0 Å². The molecule has 2 aromatic heterocycles. The smallest absolute Gasteiger partial charge is 0.338 e. The van der Waals surface area contributed by atoms with Gasteiger partial charge in [-0.2, -0.15) is 0 Å². The first-order chi connectivity index (χ1) is 15.5. The van der Waals surface area contributed by atoms with Crippen LogP contribution in [-0.4, -0.2) is 38.0 Å². The quantitative estimate of drug-likeness (QED) is 0.401. The van der Waals surface area contributed by atoms with Crippen LogP contribution < -0.4 is 19.6 Å². The molecule has 3 aromatic rings. The molecule has 0 spiro atoms. The number of esters is 1. The normalized spacial score (nSPS) is 16.0. The predicted molar refractivity (Wildman–Crippen MR) is 118 cm³/mol. The minimum atomic E-state index is -0.689. The highest BCUT2D eigenvalue weighted by Crippen LogP contribution is 2.31. The number of carbonyl (C=O) groups is 1. The van der Waals surface area contributed by atoms with Gasteiger partial charge in [-0.3, -0.25) is 9.36 Å². The van der Waals surface area contributed by atoms with Crippen molar-refractivity contribution in [2.45, 2.75) is 13.0 Å². The number of carbonyl (C=O) groups excluding carboxylic acids is 1. The van der Waals surface area contributed by atoms with Crippen LogP contribution in [0.15, 0.2) is 68.1 Å². The minimum Gasteiger partial charge on any atom is -0.497 e. The fourth-order valence-corrected chi connectivity index (χ4v) is 4.51. The summed E-state index contributed by atoms with van der Waals surface area (Å²) < 4.78 is 23.0. The summed E-state index contributed by atoms with van der Waals surface area (Å²) in [6.45, 7) is 2.12. The zero-order valence-corrected chi connectivity index (χ0v) is 18.7. The lowest BCUT2D eigenvalue weighted by molar-refractivity contribution is -0.140. The number of benzene rings is 1. The van der Waals surface area contributed by atoms with E-state index in [9.17, 15) is 9.59 Å². The fraction of sp³-hybridized carbons (Fsp3) is 0.261. The van der Waals surface area contributed by atoms with Gasteiger partial charge >= 0.3 is 5.97 Å². The van der Waals surface area contributed by atoms with Crippen molar-refractivity contribution < 1.29 is 23.4 Å². The van der Waals surface area contributed by atoms with Crippen LogP contribution in [0.3, 0.4) is 0 Å². The van der Waals surface area contributed by atoms with Crippen LogP contribution in [0.1, 0.15) is 24.3 Å². The summed E-state index contributed by atoms with van der Waals surface area (Å²) in [7, 11) is 3.11. The number of fused-ring (bicyclic) bond motifs is 1. The van der Waals surface area contributed by atoms with Gasteiger partial charge in [0.1, 0.15) is 18.1 Å². The molecule has 166 valence electrons. The number of ether oxygens (including phenoxy) is 3. The Hall–Kier alpha value is -3.43. The summed E-state index contributed by atoms with van der Waals surface area (Å²) >= 11 is 1.24. The van der Waals surface area contributed by atoms with Gasteiger partial charge in [-0.05, 0) is 36.8 Å². The Morgan fingerprint density at radius 1 is 1.22 bits per heavy atom. The number of hydrogen-bond acceptors (Lipinski definition) is 8. The monoisotopic (exact) mass is 454 g/mol. The van der Waals surface area contributed by atoms with Gasteiger partial charge in [-0.1, -0.05) is 23.5 Å². The Balaban J connectivity index is 1.88. The highest BCUT2D eigenvalue weighted by molar-refractivity contribution is 7.07. The zero-order chi connectivity index (χ0) is 22.7. The topological polar surface area (TPSA) is 92.3 Å². The molecule has 9 heteroatoms. The molecule has 0 amide bonds. The first-order valence-electron chi connectivity index (χ1n) is 9.89. The van der Waals surface area contributed by atoms with Crippen LogP contribution >= 0.6 is 11.3 Å². The first kappa shape index (κ1) is 21.8. The van der Waals surface area contributed by atoms with E-state index in [4.69, 9.17) is 18.6 Å². The van der Waals surface area contributed by atoms with Crippen molar-refractivity contribution in [1.29, 1.82) is 0 Å². The van der Waals surface area contributed by atoms with Gasteiger partial charge in [-0.15, -0.1) is 0 Å². The molecule has 0 aliphatic carbocycles. The molecule has 1 aromatic carbocycles. The summed E-state index contributed by atoms with van der Waals surface area (Å²) in [4.78, 5) is 31.5. The SMILES string of the molecule is COCCOC(=O)C1=C(C)N=c2s/c(=C/c3ccco3)c(=O)n2C1c1ccc(OC)cc1. The molecule has 1 atom stereocenters. The molecule has 1 aliphatic heterocycles. The maximum absolute atomic E-state index is 13.4. The van der Waals surface area contributed by atoms with Crippen molar-refractivity contribution in [2.24, 2.45) is 4.99 Å². The molecule has 0 bridgehead atoms. The second-order valence-corrected chi connectivity index (χ2v) is 8.01. The molecule has 0 fully saturated rings. The molecule has 4 rings (SSSR count). The molecule has 0 saturated carbocycles. The van der Waals surface area contributed by atoms with E-state index in [2.05, 4.69) is 4.99 Å². The van der Waals surface area contributed by atoms with E-state index in [1.165, 1.54) is 23.0 Å². The number of aromatic nitrogens is 1. The third-order valence-corrected chi connectivity index (χ3v) is 5.99. The van der Waals surface area contributed by atoms with E-state index in [1.54, 1.807) is 50.6 Å². The summed E-state index contributed by atoms with van der Waals surface area (Å²) in [5.74, 6) is 0.694. The number of nitrogens with zero attached hydrogens (tertiary/aromatic N) is 2. The largest absolute Gasteiger partial charge is 0.497 e. The third kappa shape index (κ3) is 4.17. The van der Waals surface area contributed by atoms with Crippen molar-refractivity contribution in [3.05, 3.63) is 84.9 Å². The van der Waals surface area contributed by atoms with Crippen molar-refractivity contribution >= 4 is 23.4 Å². The van der Waals surface area contributed by atoms with E-state index in [0.29, 0.717) is 32.1 Å². The first-order valence-corrected chi connectivity index (χ1v) is 10.7. The Kier molecular flexibility index (Phi) is 6.38. The number of hydrogen-bond donors (Lipinski definition) is 0. The number of allylic oxidation sites excluding steroid dienone is 1. The second kappa shape index (κ2) is 9.37. The molecule has 32 heavy (non-hydrogen) atoms. The Labute approximate surface area is 187 Å². The molecule has 1 aliphatic rings. The van der Waals surface area contributed by atoms with E-state index < -0.39 is 12.0 Å². The lowest BCUT2D eigenvalue weighted by Crippen LogP contribution is -2.40. The number of furan rings is 1. The van der Waals surface area contributed by atoms with Crippen LogP contribution in [0.2, 0.25) is 0 Å². The summed E-state index contributed by atoms with van der Waals surface area (Å²) in [6, 6.07) is 10.1. The van der Waals surface area contributed by atoms with Crippen molar-refractivity contribution in [3.63, 3.8) is 0 Å². The molecule has 0 radical (unpaired) electrons. The van der Waals surface area contributed by atoms with E-state index in [0.717, 1.165) is 5.56 Å². The predicted octanol–water partition coefficient (Wildman–Crippen LogP) is 2.03. The van der Waals surface area contributed by atoms with Crippen LogP contribution in [0.25, 0.3) is 6.08 Å². The second-order valence-electron chi connectivity index (χ2n) is 7.00. The lowest BCUT2D eigenvalue weighted by Gasteiger charge is -2.25.